The fourth-order valence-electron chi connectivity index (χ4n) is 1.96. The van der Waals surface area contributed by atoms with Gasteiger partial charge in [0.1, 0.15) is 0 Å². The van der Waals surface area contributed by atoms with Crippen molar-refractivity contribution in [3.05, 3.63) is 41.5 Å². The van der Waals surface area contributed by atoms with Gasteiger partial charge < -0.3 is 4.90 Å². The van der Waals surface area contributed by atoms with Crippen molar-refractivity contribution >= 4 is 12.0 Å². The maximum Gasteiger partial charge on any atom is 0.209 e. The number of benzene rings is 1. The van der Waals surface area contributed by atoms with Gasteiger partial charge in [-0.2, -0.15) is 0 Å². The van der Waals surface area contributed by atoms with E-state index in [1.165, 1.54) is 16.7 Å². The molecule has 0 aromatic heterocycles. The van der Waals surface area contributed by atoms with Crippen molar-refractivity contribution in [2.45, 2.75) is 13.3 Å². The van der Waals surface area contributed by atoms with Crippen LogP contribution in [0.3, 0.4) is 0 Å². The third-order valence-electron chi connectivity index (χ3n) is 2.88. The average Bonchev–Trinajstić information content (AvgIpc) is 2.30. The first-order valence-corrected chi connectivity index (χ1v) is 5.25. The summed E-state index contributed by atoms with van der Waals surface area (Å²) in [6.45, 7) is 3.71. The molecule has 0 saturated heterocycles. The van der Waals surface area contributed by atoms with Gasteiger partial charge in [-0.1, -0.05) is 30.3 Å². The van der Waals surface area contributed by atoms with Gasteiger partial charge in [0.2, 0.25) is 6.41 Å². The number of hydrogen-bond acceptors (Lipinski definition) is 1. The lowest BCUT2D eigenvalue weighted by Gasteiger charge is -2.23. The summed E-state index contributed by atoms with van der Waals surface area (Å²) in [5.74, 6) is 0. The quantitative estimate of drug-likeness (QED) is 0.672. The molecule has 1 aliphatic rings. The topological polar surface area (TPSA) is 20.3 Å². The Bertz CT molecular complexity index is 395. The lowest BCUT2D eigenvalue weighted by atomic mass is 9.96. The van der Waals surface area contributed by atoms with Crippen LogP contribution in [0.25, 0.3) is 5.57 Å². The number of nitrogens with zero attached hydrogens (tertiary/aromatic N) is 1. The molecule has 2 heteroatoms. The van der Waals surface area contributed by atoms with Crippen LogP contribution >= 0.6 is 0 Å². The van der Waals surface area contributed by atoms with Gasteiger partial charge in [0.25, 0.3) is 0 Å². The Hall–Kier alpha value is -1.57. The molecule has 0 unspecified atom stereocenters. The average molecular weight is 201 g/mol. The number of carbonyl (C=O) groups excluding carboxylic acids is 1. The zero-order valence-electron chi connectivity index (χ0n) is 8.94. The first-order valence-electron chi connectivity index (χ1n) is 5.25. The zero-order valence-corrected chi connectivity index (χ0v) is 8.94. The molecule has 2 rings (SSSR count). The molecule has 1 aromatic carbocycles. The molecule has 15 heavy (non-hydrogen) atoms. The van der Waals surface area contributed by atoms with E-state index in [1.807, 2.05) is 0 Å². The molecular weight excluding hydrogens is 186 g/mol. The highest BCUT2D eigenvalue weighted by atomic mass is 16.1. The Morgan fingerprint density at radius 3 is 2.73 bits per heavy atom. The maximum absolute atomic E-state index is 10.6. The van der Waals surface area contributed by atoms with E-state index in [0.717, 1.165) is 25.9 Å². The van der Waals surface area contributed by atoms with Crippen molar-refractivity contribution in [3.8, 4) is 0 Å². The molecule has 0 spiro atoms. The second-order valence-electron chi connectivity index (χ2n) is 3.89. The number of carbonyl (C=O) groups is 1. The number of aryl methyl sites for hydroxylation is 1. The van der Waals surface area contributed by atoms with Crippen molar-refractivity contribution in [1.82, 2.24) is 4.90 Å². The first kappa shape index (κ1) is 9.97. The minimum Gasteiger partial charge on any atom is -0.341 e. The summed E-state index contributed by atoms with van der Waals surface area (Å²) in [4.78, 5) is 12.4. The smallest absolute Gasteiger partial charge is 0.209 e. The van der Waals surface area contributed by atoms with Gasteiger partial charge in [-0.15, -0.1) is 0 Å². The Morgan fingerprint density at radius 1 is 1.33 bits per heavy atom. The lowest BCUT2D eigenvalue weighted by Crippen LogP contribution is -2.26. The van der Waals surface area contributed by atoms with Gasteiger partial charge in [-0.3, -0.25) is 4.79 Å². The van der Waals surface area contributed by atoms with E-state index in [1.54, 1.807) is 4.90 Å². The molecule has 0 bridgehead atoms. The van der Waals surface area contributed by atoms with Crippen LogP contribution in [0.15, 0.2) is 30.3 Å². The molecule has 1 aromatic rings. The molecular formula is C13H15NO. The van der Waals surface area contributed by atoms with Crippen molar-refractivity contribution < 1.29 is 4.79 Å². The first-order chi connectivity index (χ1) is 7.31. The molecule has 0 N–H and O–H groups in total. The molecule has 78 valence electrons. The Kier molecular flexibility index (Phi) is 2.86. The number of hydrogen-bond donors (Lipinski definition) is 0. The minimum absolute atomic E-state index is 0.743. The molecule has 0 fully saturated rings. The molecule has 0 saturated carbocycles. The summed E-state index contributed by atoms with van der Waals surface area (Å²) in [5.41, 5.74) is 4.00. The maximum atomic E-state index is 10.6. The van der Waals surface area contributed by atoms with Crippen LogP contribution in [0.2, 0.25) is 0 Å². The number of amides is 1. The molecule has 1 aliphatic heterocycles. The van der Waals surface area contributed by atoms with Crippen LogP contribution in [0.1, 0.15) is 17.5 Å². The van der Waals surface area contributed by atoms with E-state index in [4.69, 9.17) is 0 Å². The summed E-state index contributed by atoms with van der Waals surface area (Å²) < 4.78 is 0. The van der Waals surface area contributed by atoms with Gasteiger partial charge in [-0.05, 0) is 30.0 Å². The van der Waals surface area contributed by atoms with E-state index in [2.05, 4.69) is 37.3 Å². The van der Waals surface area contributed by atoms with Crippen LogP contribution in [-0.4, -0.2) is 24.4 Å². The third-order valence-corrected chi connectivity index (χ3v) is 2.88. The van der Waals surface area contributed by atoms with E-state index >= 15 is 0 Å². The fourth-order valence-corrected chi connectivity index (χ4v) is 1.96. The summed E-state index contributed by atoms with van der Waals surface area (Å²) in [5, 5.41) is 0. The normalized spacial score (nSPS) is 16.1. The molecule has 1 heterocycles. The zero-order chi connectivity index (χ0) is 10.7. The van der Waals surface area contributed by atoms with Gasteiger partial charge in [-0.25, -0.2) is 0 Å². The van der Waals surface area contributed by atoms with Crippen molar-refractivity contribution in [3.63, 3.8) is 0 Å². The van der Waals surface area contributed by atoms with Crippen LogP contribution < -0.4 is 0 Å². The fraction of sp³-hybridized carbons (Fsp3) is 0.308. The van der Waals surface area contributed by atoms with Crippen LogP contribution in [0.4, 0.5) is 0 Å². The van der Waals surface area contributed by atoms with Gasteiger partial charge >= 0.3 is 0 Å². The predicted molar refractivity (Wildman–Crippen MR) is 61.4 cm³/mol. The molecule has 2 nitrogen and oxygen atoms in total. The SMILES string of the molecule is Cc1ccccc1C1=CCN(C=O)CC1. The van der Waals surface area contributed by atoms with Crippen molar-refractivity contribution in [1.29, 1.82) is 0 Å². The summed E-state index contributed by atoms with van der Waals surface area (Å²) in [7, 11) is 0. The summed E-state index contributed by atoms with van der Waals surface area (Å²) in [6, 6.07) is 8.40. The van der Waals surface area contributed by atoms with Crippen molar-refractivity contribution in [2.75, 3.05) is 13.1 Å². The Morgan fingerprint density at radius 2 is 2.13 bits per heavy atom. The molecule has 1 amide bonds. The van der Waals surface area contributed by atoms with Gasteiger partial charge in [0.15, 0.2) is 0 Å². The second-order valence-corrected chi connectivity index (χ2v) is 3.89. The van der Waals surface area contributed by atoms with Gasteiger partial charge in [0, 0.05) is 13.1 Å². The Labute approximate surface area is 90.2 Å². The Balaban J connectivity index is 2.23. The largest absolute Gasteiger partial charge is 0.341 e. The van der Waals surface area contributed by atoms with Crippen LogP contribution in [0, 0.1) is 6.92 Å². The highest BCUT2D eigenvalue weighted by Gasteiger charge is 2.11. The lowest BCUT2D eigenvalue weighted by molar-refractivity contribution is -0.117. The van der Waals surface area contributed by atoms with E-state index in [9.17, 15) is 4.79 Å². The van der Waals surface area contributed by atoms with E-state index in [-0.39, 0.29) is 0 Å². The molecule has 0 aliphatic carbocycles. The highest BCUT2D eigenvalue weighted by molar-refractivity contribution is 5.70. The number of rotatable bonds is 2. The van der Waals surface area contributed by atoms with Crippen LogP contribution in [-0.2, 0) is 4.79 Å². The van der Waals surface area contributed by atoms with E-state index in [0.29, 0.717) is 0 Å². The van der Waals surface area contributed by atoms with E-state index < -0.39 is 0 Å². The predicted octanol–water partition coefficient (Wildman–Crippen LogP) is 2.24. The summed E-state index contributed by atoms with van der Waals surface area (Å²) in [6.07, 6.45) is 4.04. The van der Waals surface area contributed by atoms with Crippen LogP contribution in [0.5, 0.6) is 0 Å². The monoisotopic (exact) mass is 201 g/mol. The molecule has 0 atom stereocenters. The summed E-state index contributed by atoms with van der Waals surface area (Å²) >= 11 is 0. The molecule has 0 radical (unpaired) electrons. The minimum atomic E-state index is 0.743. The third kappa shape index (κ3) is 2.09. The second kappa shape index (κ2) is 4.30. The van der Waals surface area contributed by atoms with Gasteiger partial charge in [0.05, 0.1) is 0 Å². The van der Waals surface area contributed by atoms with Crippen molar-refractivity contribution in [2.24, 2.45) is 0 Å². The highest BCUT2D eigenvalue weighted by Crippen LogP contribution is 2.24. The standard InChI is InChI=1S/C13H15NO/c1-11-4-2-3-5-13(11)12-6-8-14(10-15)9-7-12/h2-6,10H,7-9H2,1H3.